The Labute approximate surface area is 85.5 Å². The molecule has 0 aliphatic carbocycles. The second-order valence-electron chi connectivity index (χ2n) is 3.72. The lowest BCUT2D eigenvalue weighted by atomic mass is 9.85. The van der Waals surface area contributed by atoms with Gasteiger partial charge in [0, 0.05) is 12.2 Å². The lowest BCUT2D eigenvalue weighted by molar-refractivity contribution is 0.136. The molecule has 0 atom stereocenters. The van der Waals surface area contributed by atoms with E-state index in [-0.39, 0.29) is 12.2 Å². The largest absolute Gasteiger partial charge is 0.532 e. The van der Waals surface area contributed by atoms with Crippen molar-refractivity contribution in [3.8, 4) is 0 Å². The molecule has 0 saturated carbocycles. The summed E-state index contributed by atoms with van der Waals surface area (Å²) in [4.78, 5) is 0. The highest BCUT2D eigenvalue weighted by Gasteiger charge is 2.26. The number of hydrogen-bond acceptors (Lipinski definition) is 3. The van der Waals surface area contributed by atoms with Crippen molar-refractivity contribution in [1.29, 1.82) is 0 Å². The summed E-state index contributed by atoms with van der Waals surface area (Å²) < 4.78 is 16.4. The van der Waals surface area contributed by atoms with Crippen molar-refractivity contribution >= 4 is 12.8 Å². The molecular formula is C10H17BO3. The average molecular weight is 196 g/mol. The van der Waals surface area contributed by atoms with Crippen molar-refractivity contribution in [1.82, 2.24) is 0 Å². The van der Waals surface area contributed by atoms with Crippen LogP contribution in [0.2, 0.25) is 0 Å². The molecule has 0 unspecified atom stereocenters. The third kappa shape index (κ3) is 3.56. The summed E-state index contributed by atoms with van der Waals surface area (Å²) in [7, 11) is -0.398. The SMILES string of the molecule is CC(C)OB(OC(C)C)c1ccco1. The minimum Gasteiger partial charge on any atom is -0.473 e. The van der Waals surface area contributed by atoms with Gasteiger partial charge in [0.25, 0.3) is 0 Å². The Bertz CT molecular complexity index is 234. The molecule has 1 heterocycles. The van der Waals surface area contributed by atoms with Crippen molar-refractivity contribution in [2.24, 2.45) is 0 Å². The zero-order valence-electron chi connectivity index (χ0n) is 9.19. The van der Waals surface area contributed by atoms with Gasteiger partial charge >= 0.3 is 7.12 Å². The van der Waals surface area contributed by atoms with E-state index in [2.05, 4.69) is 0 Å². The van der Waals surface area contributed by atoms with Crippen molar-refractivity contribution in [3.63, 3.8) is 0 Å². The van der Waals surface area contributed by atoms with E-state index in [4.69, 9.17) is 13.7 Å². The molecule has 1 aromatic heterocycles. The third-order valence-corrected chi connectivity index (χ3v) is 1.57. The molecule has 0 aliphatic heterocycles. The van der Waals surface area contributed by atoms with E-state index in [1.807, 2.05) is 39.8 Å². The first kappa shape index (κ1) is 11.3. The van der Waals surface area contributed by atoms with Gasteiger partial charge in [0.2, 0.25) is 0 Å². The summed E-state index contributed by atoms with van der Waals surface area (Å²) in [6.07, 6.45) is 1.85. The predicted octanol–water partition coefficient (Wildman–Crippen LogP) is 1.82. The van der Waals surface area contributed by atoms with Gasteiger partial charge in [-0.05, 0) is 39.8 Å². The van der Waals surface area contributed by atoms with E-state index in [0.717, 1.165) is 0 Å². The Balaban J connectivity index is 2.62. The van der Waals surface area contributed by atoms with Crippen LogP contribution in [0.3, 0.4) is 0 Å². The molecule has 1 aromatic rings. The molecule has 0 aromatic carbocycles. The molecule has 0 spiro atoms. The van der Waals surface area contributed by atoms with E-state index in [1.165, 1.54) is 0 Å². The summed E-state index contributed by atoms with van der Waals surface area (Å²) in [6.45, 7) is 7.89. The van der Waals surface area contributed by atoms with E-state index in [9.17, 15) is 0 Å². The van der Waals surface area contributed by atoms with Gasteiger partial charge in [-0.25, -0.2) is 0 Å². The lowest BCUT2D eigenvalue weighted by Crippen LogP contribution is -2.40. The topological polar surface area (TPSA) is 31.6 Å². The van der Waals surface area contributed by atoms with Crippen LogP contribution in [-0.4, -0.2) is 19.3 Å². The van der Waals surface area contributed by atoms with Crippen molar-refractivity contribution in [2.45, 2.75) is 39.9 Å². The second-order valence-corrected chi connectivity index (χ2v) is 3.72. The highest BCUT2D eigenvalue weighted by atomic mass is 16.6. The lowest BCUT2D eigenvalue weighted by Gasteiger charge is -2.17. The van der Waals surface area contributed by atoms with E-state index >= 15 is 0 Å². The maximum Gasteiger partial charge on any atom is 0.532 e. The molecule has 3 nitrogen and oxygen atoms in total. The molecule has 78 valence electrons. The molecule has 4 heteroatoms. The van der Waals surface area contributed by atoms with Gasteiger partial charge in [0.1, 0.15) is 5.66 Å². The summed E-state index contributed by atoms with van der Waals surface area (Å²) in [5.41, 5.74) is 0.715. The highest BCUT2D eigenvalue weighted by molar-refractivity contribution is 6.59. The van der Waals surface area contributed by atoms with Gasteiger partial charge in [0.15, 0.2) is 0 Å². The Morgan fingerprint density at radius 2 is 1.71 bits per heavy atom. The maximum atomic E-state index is 5.59. The molecule has 0 N–H and O–H groups in total. The minimum absolute atomic E-state index is 0.115. The van der Waals surface area contributed by atoms with Gasteiger partial charge in [-0.2, -0.15) is 0 Å². The number of furan rings is 1. The van der Waals surface area contributed by atoms with Crippen molar-refractivity contribution in [2.75, 3.05) is 0 Å². The summed E-state index contributed by atoms with van der Waals surface area (Å²) in [6, 6.07) is 3.69. The van der Waals surface area contributed by atoms with Crippen LogP contribution in [0.15, 0.2) is 22.8 Å². The molecular weight excluding hydrogens is 179 g/mol. The zero-order valence-corrected chi connectivity index (χ0v) is 9.19. The van der Waals surface area contributed by atoms with Crippen LogP contribution in [0.4, 0.5) is 0 Å². The van der Waals surface area contributed by atoms with Gasteiger partial charge < -0.3 is 13.7 Å². The smallest absolute Gasteiger partial charge is 0.473 e. The highest BCUT2D eigenvalue weighted by Crippen LogP contribution is 2.01. The summed E-state index contributed by atoms with van der Waals surface area (Å²) >= 11 is 0. The molecule has 0 aliphatic rings. The van der Waals surface area contributed by atoms with Crippen LogP contribution in [0.25, 0.3) is 0 Å². The minimum atomic E-state index is -0.398. The monoisotopic (exact) mass is 196 g/mol. The van der Waals surface area contributed by atoms with Crippen LogP contribution in [0.5, 0.6) is 0 Å². The van der Waals surface area contributed by atoms with Crippen LogP contribution in [0.1, 0.15) is 27.7 Å². The normalized spacial score (nSPS) is 11.3. The van der Waals surface area contributed by atoms with E-state index < -0.39 is 7.12 Å². The molecule has 0 amide bonds. The Kier molecular flexibility index (Phi) is 4.23. The van der Waals surface area contributed by atoms with Crippen molar-refractivity contribution < 1.29 is 13.7 Å². The van der Waals surface area contributed by atoms with E-state index in [1.54, 1.807) is 6.26 Å². The van der Waals surface area contributed by atoms with Gasteiger partial charge in [-0.1, -0.05) is 0 Å². The molecule has 0 bridgehead atoms. The predicted molar refractivity (Wildman–Crippen MR) is 56.5 cm³/mol. The van der Waals surface area contributed by atoms with Gasteiger partial charge in [-0.15, -0.1) is 0 Å². The quantitative estimate of drug-likeness (QED) is 0.673. The summed E-state index contributed by atoms with van der Waals surface area (Å²) in [5.74, 6) is 0. The fourth-order valence-corrected chi connectivity index (χ4v) is 1.09. The fraction of sp³-hybridized carbons (Fsp3) is 0.600. The maximum absolute atomic E-state index is 5.59. The second kappa shape index (κ2) is 5.22. The number of rotatable bonds is 5. The average Bonchev–Trinajstić information content (AvgIpc) is 2.52. The van der Waals surface area contributed by atoms with E-state index in [0.29, 0.717) is 5.66 Å². The Morgan fingerprint density at radius 1 is 1.14 bits per heavy atom. The molecule has 14 heavy (non-hydrogen) atoms. The third-order valence-electron chi connectivity index (χ3n) is 1.57. The van der Waals surface area contributed by atoms with Crippen LogP contribution in [0, 0.1) is 0 Å². The van der Waals surface area contributed by atoms with Crippen molar-refractivity contribution in [3.05, 3.63) is 18.4 Å². The Hall–Kier alpha value is -0.735. The molecule has 0 saturated heterocycles. The molecule has 0 radical (unpaired) electrons. The summed E-state index contributed by atoms with van der Waals surface area (Å²) in [5, 5.41) is 0. The first-order valence-corrected chi connectivity index (χ1v) is 4.94. The molecule has 1 rings (SSSR count). The fourth-order valence-electron chi connectivity index (χ4n) is 1.09. The van der Waals surface area contributed by atoms with Crippen LogP contribution in [-0.2, 0) is 9.31 Å². The number of hydrogen-bond donors (Lipinski definition) is 0. The van der Waals surface area contributed by atoms with Crippen LogP contribution >= 0.6 is 0 Å². The van der Waals surface area contributed by atoms with Gasteiger partial charge in [-0.3, -0.25) is 0 Å². The Morgan fingerprint density at radius 3 is 2.07 bits per heavy atom. The first-order chi connectivity index (χ1) is 6.59. The van der Waals surface area contributed by atoms with Gasteiger partial charge in [0.05, 0.1) is 6.26 Å². The molecule has 0 fully saturated rings. The van der Waals surface area contributed by atoms with Crippen LogP contribution < -0.4 is 5.66 Å². The first-order valence-electron chi connectivity index (χ1n) is 4.94. The standard InChI is InChI=1S/C10H17BO3/c1-8(2)13-11(14-9(3)4)10-6-5-7-12-10/h5-9H,1-4H3. The zero-order chi connectivity index (χ0) is 10.6.